The summed E-state index contributed by atoms with van der Waals surface area (Å²) in [5, 5.41) is 56.7. The van der Waals surface area contributed by atoms with Crippen LogP contribution in [0.4, 0.5) is 0 Å². The van der Waals surface area contributed by atoms with Crippen LogP contribution in [0.15, 0.2) is 0 Å². The van der Waals surface area contributed by atoms with Gasteiger partial charge in [0.15, 0.2) is 0 Å². The molecule has 6 N–H and O–H groups in total. The fraction of sp³-hybridized carbons (Fsp3) is 1.00. The Kier molecular flexibility index (Phi) is 2.30. The maximum atomic E-state index is 9.45. The topological polar surface area (TPSA) is 121 Å². The molecule has 0 heterocycles. The van der Waals surface area contributed by atoms with Gasteiger partial charge in [0, 0.05) is 11.8 Å². The molecule has 0 spiro atoms. The summed E-state index contributed by atoms with van der Waals surface area (Å²) in [6.07, 6.45) is -7.85. The first-order valence-electron chi connectivity index (χ1n) is 4.55. The molecular weight excluding hydrogens is 192 g/mol. The van der Waals surface area contributed by atoms with E-state index in [1.807, 2.05) is 0 Å². The van der Waals surface area contributed by atoms with E-state index in [0.29, 0.717) is 0 Å². The van der Waals surface area contributed by atoms with Gasteiger partial charge in [-0.15, -0.1) is 0 Å². The maximum absolute atomic E-state index is 9.45. The molecule has 0 unspecified atom stereocenters. The highest BCUT2D eigenvalue weighted by Gasteiger charge is 2.61. The number of hydrogen-bond donors (Lipinski definition) is 6. The van der Waals surface area contributed by atoms with E-state index in [0.717, 1.165) is 0 Å². The van der Waals surface area contributed by atoms with Crippen LogP contribution in [0, 0.1) is 11.8 Å². The lowest BCUT2D eigenvalue weighted by atomic mass is 9.61. The lowest BCUT2D eigenvalue weighted by Gasteiger charge is -2.54. The minimum Gasteiger partial charge on any atom is -0.390 e. The zero-order chi connectivity index (χ0) is 10.6. The van der Waals surface area contributed by atoms with Crippen molar-refractivity contribution in [2.75, 3.05) is 0 Å². The molecule has 0 aromatic heterocycles. The van der Waals surface area contributed by atoms with E-state index in [1.54, 1.807) is 0 Å². The number of rotatable bonds is 0. The van der Waals surface area contributed by atoms with E-state index in [2.05, 4.69) is 0 Å². The molecule has 0 amide bonds. The average molecular weight is 206 g/mol. The molecular formula is C8H14O6. The molecule has 0 saturated heterocycles. The third-order valence-corrected chi connectivity index (χ3v) is 3.42. The Labute approximate surface area is 80.0 Å². The molecule has 3 aliphatic rings. The van der Waals surface area contributed by atoms with Gasteiger partial charge in [-0.2, -0.15) is 0 Å². The smallest absolute Gasteiger partial charge is 0.0883 e. The second kappa shape index (κ2) is 3.13. The third-order valence-electron chi connectivity index (χ3n) is 3.42. The quantitative estimate of drug-likeness (QED) is 0.244. The molecule has 14 heavy (non-hydrogen) atoms. The SMILES string of the molecule is O[C@@H]1C2[C@@H](O)[C@@H](O)C([C@@H]1O)[C@H](O)[C@H]2O. The van der Waals surface area contributed by atoms with Crippen LogP contribution in [0.5, 0.6) is 0 Å². The summed E-state index contributed by atoms with van der Waals surface area (Å²) in [6.45, 7) is 0. The summed E-state index contributed by atoms with van der Waals surface area (Å²) in [5.74, 6) is -2.19. The van der Waals surface area contributed by atoms with Crippen molar-refractivity contribution in [3.05, 3.63) is 0 Å². The molecule has 0 radical (unpaired) electrons. The number of aliphatic hydroxyl groups is 6. The fourth-order valence-electron chi connectivity index (χ4n) is 2.58. The van der Waals surface area contributed by atoms with Gasteiger partial charge in [-0.3, -0.25) is 0 Å². The predicted molar refractivity (Wildman–Crippen MR) is 43.0 cm³/mol. The third kappa shape index (κ3) is 1.06. The molecule has 0 aromatic carbocycles. The highest BCUT2D eigenvalue weighted by atomic mass is 16.4. The van der Waals surface area contributed by atoms with Crippen LogP contribution in [-0.2, 0) is 0 Å². The van der Waals surface area contributed by atoms with Crippen molar-refractivity contribution in [3.63, 3.8) is 0 Å². The van der Waals surface area contributed by atoms with Crippen LogP contribution in [0.2, 0.25) is 0 Å². The Hall–Kier alpha value is -0.240. The summed E-state index contributed by atoms with van der Waals surface area (Å²) in [6, 6.07) is 0. The standard InChI is InChI=1S/C8H14O6/c9-3-1-4(10)7(13)2(6(3)12)8(14)5(1)11/h1-14H/t1?,2?,3-,4-,5-,6-,7+,8+/m0/s1. The lowest BCUT2D eigenvalue weighted by molar-refractivity contribution is -0.279. The van der Waals surface area contributed by atoms with Crippen molar-refractivity contribution in [3.8, 4) is 0 Å². The molecule has 3 aliphatic carbocycles. The van der Waals surface area contributed by atoms with Gasteiger partial charge in [0.25, 0.3) is 0 Å². The van der Waals surface area contributed by atoms with Crippen LogP contribution in [0.3, 0.4) is 0 Å². The Bertz CT molecular complexity index is 172. The summed E-state index contributed by atoms with van der Waals surface area (Å²) < 4.78 is 0. The number of aliphatic hydroxyl groups excluding tert-OH is 6. The van der Waals surface area contributed by atoms with Gasteiger partial charge in [-0.25, -0.2) is 0 Å². The second-order valence-corrected chi connectivity index (χ2v) is 4.10. The van der Waals surface area contributed by atoms with E-state index in [1.165, 1.54) is 0 Å². The molecule has 6 heteroatoms. The molecule has 82 valence electrons. The van der Waals surface area contributed by atoms with Gasteiger partial charge in [0.1, 0.15) is 0 Å². The largest absolute Gasteiger partial charge is 0.390 e. The van der Waals surface area contributed by atoms with E-state index in [4.69, 9.17) is 0 Å². The number of fused-ring (bicyclic) bond motifs is 3. The zero-order valence-corrected chi connectivity index (χ0v) is 7.30. The van der Waals surface area contributed by atoms with E-state index >= 15 is 0 Å². The Balaban J connectivity index is 2.34. The van der Waals surface area contributed by atoms with Crippen molar-refractivity contribution in [1.29, 1.82) is 0 Å². The van der Waals surface area contributed by atoms with Crippen LogP contribution >= 0.6 is 0 Å². The van der Waals surface area contributed by atoms with Gasteiger partial charge in [-0.05, 0) is 0 Å². The van der Waals surface area contributed by atoms with Crippen molar-refractivity contribution in [2.45, 2.75) is 36.6 Å². The molecule has 0 aromatic rings. The molecule has 0 aliphatic heterocycles. The van der Waals surface area contributed by atoms with Gasteiger partial charge in [0.05, 0.1) is 36.6 Å². The Morgan fingerprint density at radius 3 is 0.643 bits per heavy atom. The monoisotopic (exact) mass is 206 g/mol. The first kappa shape index (κ1) is 10.3. The van der Waals surface area contributed by atoms with Crippen molar-refractivity contribution in [1.82, 2.24) is 0 Å². The van der Waals surface area contributed by atoms with Gasteiger partial charge in [-0.1, -0.05) is 0 Å². The molecule has 3 fully saturated rings. The van der Waals surface area contributed by atoms with Crippen LogP contribution in [-0.4, -0.2) is 67.3 Å². The van der Waals surface area contributed by atoms with Gasteiger partial charge < -0.3 is 30.6 Å². The highest BCUT2D eigenvalue weighted by molar-refractivity contribution is 5.10. The molecule has 2 bridgehead atoms. The van der Waals surface area contributed by atoms with Crippen LogP contribution in [0.1, 0.15) is 0 Å². The van der Waals surface area contributed by atoms with E-state index in [9.17, 15) is 30.6 Å². The first-order valence-corrected chi connectivity index (χ1v) is 4.55. The average Bonchev–Trinajstić information content (AvgIpc) is 2.12. The maximum Gasteiger partial charge on any atom is 0.0883 e. The minimum atomic E-state index is -1.31. The van der Waals surface area contributed by atoms with Crippen molar-refractivity contribution < 1.29 is 30.6 Å². The summed E-state index contributed by atoms with van der Waals surface area (Å²) in [7, 11) is 0. The summed E-state index contributed by atoms with van der Waals surface area (Å²) in [5.41, 5.74) is 0. The number of hydrogen-bond acceptors (Lipinski definition) is 6. The fourth-order valence-corrected chi connectivity index (χ4v) is 2.58. The lowest BCUT2D eigenvalue weighted by Crippen LogP contribution is -2.72. The van der Waals surface area contributed by atoms with Crippen molar-refractivity contribution >= 4 is 0 Å². The van der Waals surface area contributed by atoms with Gasteiger partial charge >= 0.3 is 0 Å². The predicted octanol–water partition coefficient (Wildman–Crippen LogP) is -3.59. The highest BCUT2D eigenvalue weighted by Crippen LogP contribution is 2.42. The minimum absolute atomic E-state index is 1.10. The van der Waals surface area contributed by atoms with Crippen molar-refractivity contribution in [2.24, 2.45) is 11.8 Å². The normalized spacial score (nSPS) is 63.0. The molecule has 3 saturated carbocycles. The summed E-state index contributed by atoms with van der Waals surface area (Å²) in [4.78, 5) is 0. The van der Waals surface area contributed by atoms with Crippen LogP contribution < -0.4 is 0 Å². The molecule has 6 atom stereocenters. The van der Waals surface area contributed by atoms with E-state index in [-0.39, 0.29) is 0 Å². The van der Waals surface area contributed by atoms with E-state index < -0.39 is 48.5 Å². The molecule has 6 nitrogen and oxygen atoms in total. The molecule has 3 rings (SSSR count). The zero-order valence-electron chi connectivity index (χ0n) is 7.30. The Morgan fingerprint density at radius 1 is 0.357 bits per heavy atom. The van der Waals surface area contributed by atoms with Gasteiger partial charge in [0.2, 0.25) is 0 Å². The Morgan fingerprint density at radius 2 is 0.500 bits per heavy atom. The van der Waals surface area contributed by atoms with Crippen LogP contribution in [0.25, 0.3) is 0 Å². The summed E-state index contributed by atoms with van der Waals surface area (Å²) >= 11 is 0. The first-order chi connectivity index (χ1) is 6.46. The second-order valence-electron chi connectivity index (χ2n) is 4.10.